The third-order valence-electron chi connectivity index (χ3n) is 4.44. The number of carbonyl (C=O) groups is 1. The summed E-state index contributed by atoms with van der Waals surface area (Å²) in [5.74, 6) is -0.266. The molecule has 0 bridgehead atoms. The fourth-order valence-electron chi connectivity index (χ4n) is 3.01. The Morgan fingerprint density at radius 2 is 1.93 bits per heavy atom. The van der Waals surface area contributed by atoms with Crippen LogP contribution in [0.25, 0.3) is 5.69 Å². The molecule has 1 aromatic heterocycles. The van der Waals surface area contributed by atoms with Crippen LogP contribution in [-0.4, -0.2) is 20.6 Å². The molecule has 0 aliphatic heterocycles. The van der Waals surface area contributed by atoms with Gasteiger partial charge in [-0.15, -0.1) is 0 Å². The van der Waals surface area contributed by atoms with Gasteiger partial charge in [0.2, 0.25) is 5.91 Å². The van der Waals surface area contributed by atoms with Crippen LogP contribution in [0.2, 0.25) is 0 Å². The summed E-state index contributed by atoms with van der Waals surface area (Å²) in [6.45, 7) is 3.94. The predicted molar refractivity (Wildman–Crippen MR) is 108 cm³/mol. The standard InChI is InChI=1S/C21H19N5O3/c1-14-11-15(2)25(24-14)18-6-3-16(4-7-18)5-10-21(27)23-20-9-8-19(26(28)29)12-17(20)13-22/h3-4,6-9,11-12H,5,10H2,1-2H3,(H,23,27). The molecule has 8 heteroatoms. The minimum Gasteiger partial charge on any atom is -0.325 e. The molecule has 0 saturated carbocycles. The number of nitro groups is 1. The van der Waals surface area contributed by atoms with Crippen LogP contribution in [0.4, 0.5) is 11.4 Å². The Labute approximate surface area is 167 Å². The molecular weight excluding hydrogens is 370 g/mol. The number of hydrogen-bond acceptors (Lipinski definition) is 5. The third kappa shape index (κ3) is 4.65. The summed E-state index contributed by atoms with van der Waals surface area (Å²) in [6, 6.07) is 15.5. The monoisotopic (exact) mass is 389 g/mol. The van der Waals surface area contributed by atoms with E-state index in [9.17, 15) is 14.9 Å². The number of nitrogens with zero attached hydrogens (tertiary/aromatic N) is 4. The molecule has 1 heterocycles. The Morgan fingerprint density at radius 3 is 2.52 bits per heavy atom. The summed E-state index contributed by atoms with van der Waals surface area (Å²) < 4.78 is 1.86. The van der Waals surface area contributed by atoms with Gasteiger partial charge >= 0.3 is 0 Å². The van der Waals surface area contributed by atoms with Crippen molar-refractivity contribution in [2.45, 2.75) is 26.7 Å². The Bertz CT molecular complexity index is 1110. The molecule has 0 radical (unpaired) electrons. The summed E-state index contributed by atoms with van der Waals surface area (Å²) >= 11 is 0. The third-order valence-corrected chi connectivity index (χ3v) is 4.44. The fraction of sp³-hybridized carbons (Fsp3) is 0.190. The van der Waals surface area contributed by atoms with Crippen molar-refractivity contribution in [2.75, 3.05) is 5.32 Å². The highest BCUT2D eigenvalue weighted by Crippen LogP contribution is 2.22. The lowest BCUT2D eigenvalue weighted by Gasteiger charge is -2.08. The molecule has 2 aromatic carbocycles. The molecule has 0 aliphatic carbocycles. The number of benzene rings is 2. The van der Waals surface area contributed by atoms with E-state index < -0.39 is 4.92 Å². The molecule has 8 nitrogen and oxygen atoms in total. The van der Waals surface area contributed by atoms with Gasteiger partial charge in [0.1, 0.15) is 6.07 Å². The molecule has 0 aliphatic rings. The lowest BCUT2D eigenvalue weighted by atomic mass is 10.1. The predicted octanol–water partition coefficient (Wildman–Crippen LogP) is 3.84. The maximum atomic E-state index is 12.2. The Kier molecular flexibility index (Phi) is 5.69. The van der Waals surface area contributed by atoms with Gasteiger partial charge in [0, 0.05) is 24.2 Å². The van der Waals surface area contributed by atoms with Crippen LogP contribution in [0.5, 0.6) is 0 Å². The van der Waals surface area contributed by atoms with E-state index in [4.69, 9.17) is 5.26 Å². The molecule has 0 spiro atoms. The van der Waals surface area contributed by atoms with Gasteiger partial charge in [-0.1, -0.05) is 12.1 Å². The van der Waals surface area contributed by atoms with Gasteiger partial charge in [-0.2, -0.15) is 10.4 Å². The van der Waals surface area contributed by atoms with Crippen molar-refractivity contribution in [1.29, 1.82) is 5.26 Å². The highest BCUT2D eigenvalue weighted by Gasteiger charge is 2.13. The zero-order valence-electron chi connectivity index (χ0n) is 16.0. The Hall–Kier alpha value is -3.99. The molecule has 0 fully saturated rings. The van der Waals surface area contributed by atoms with Crippen molar-refractivity contribution in [3.05, 3.63) is 81.2 Å². The van der Waals surface area contributed by atoms with E-state index in [1.165, 1.54) is 12.1 Å². The Balaban J connectivity index is 1.62. The number of rotatable bonds is 6. The number of aromatic nitrogens is 2. The summed E-state index contributed by atoms with van der Waals surface area (Å²) in [4.78, 5) is 22.5. The van der Waals surface area contributed by atoms with E-state index in [0.717, 1.165) is 28.7 Å². The maximum absolute atomic E-state index is 12.2. The van der Waals surface area contributed by atoms with Crippen molar-refractivity contribution in [2.24, 2.45) is 0 Å². The molecule has 1 N–H and O–H groups in total. The average Bonchev–Trinajstić information content (AvgIpc) is 3.05. The topological polar surface area (TPSA) is 114 Å². The van der Waals surface area contributed by atoms with Gasteiger partial charge in [-0.25, -0.2) is 4.68 Å². The summed E-state index contributed by atoms with van der Waals surface area (Å²) in [6.07, 6.45) is 0.749. The van der Waals surface area contributed by atoms with E-state index in [-0.39, 0.29) is 29.3 Å². The molecule has 3 rings (SSSR count). The van der Waals surface area contributed by atoms with Crippen molar-refractivity contribution < 1.29 is 9.72 Å². The smallest absolute Gasteiger partial charge is 0.270 e. The number of hydrogen-bond donors (Lipinski definition) is 1. The second-order valence-corrected chi connectivity index (χ2v) is 6.65. The van der Waals surface area contributed by atoms with E-state index >= 15 is 0 Å². The summed E-state index contributed by atoms with van der Waals surface area (Å²) in [5, 5.41) is 27.1. The van der Waals surface area contributed by atoms with Crippen LogP contribution in [-0.2, 0) is 11.2 Å². The minimum absolute atomic E-state index is 0.0572. The average molecular weight is 389 g/mol. The summed E-state index contributed by atoms with van der Waals surface area (Å²) in [5.41, 5.74) is 4.08. The molecule has 0 unspecified atom stereocenters. The van der Waals surface area contributed by atoms with Gasteiger partial charge in [-0.05, 0) is 50.1 Å². The number of amides is 1. The van der Waals surface area contributed by atoms with Crippen LogP contribution < -0.4 is 5.32 Å². The van der Waals surface area contributed by atoms with Crippen LogP contribution in [0.3, 0.4) is 0 Å². The van der Waals surface area contributed by atoms with Crippen LogP contribution >= 0.6 is 0 Å². The highest BCUT2D eigenvalue weighted by molar-refractivity contribution is 5.92. The minimum atomic E-state index is -0.581. The highest BCUT2D eigenvalue weighted by atomic mass is 16.6. The molecule has 3 aromatic rings. The SMILES string of the molecule is Cc1cc(C)n(-c2ccc(CCC(=O)Nc3ccc([N+](=O)[O-])cc3C#N)cc2)n1. The zero-order chi connectivity index (χ0) is 21.0. The van der Waals surface area contributed by atoms with Gasteiger partial charge < -0.3 is 5.32 Å². The molecule has 0 saturated heterocycles. The van der Waals surface area contributed by atoms with Crippen LogP contribution in [0.1, 0.15) is 28.9 Å². The second kappa shape index (κ2) is 8.35. The van der Waals surface area contributed by atoms with E-state index in [2.05, 4.69) is 10.4 Å². The Morgan fingerprint density at radius 1 is 1.21 bits per heavy atom. The van der Waals surface area contributed by atoms with Gasteiger partial charge in [0.25, 0.3) is 5.69 Å². The number of nitro benzene ring substituents is 1. The van der Waals surface area contributed by atoms with Crippen molar-refractivity contribution >= 4 is 17.3 Å². The number of nitriles is 1. The largest absolute Gasteiger partial charge is 0.325 e. The number of aryl methyl sites for hydroxylation is 3. The lowest BCUT2D eigenvalue weighted by molar-refractivity contribution is -0.384. The van der Waals surface area contributed by atoms with Crippen molar-refractivity contribution in [3.63, 3.8) is 0 Å². The van der Waals surface area contributed by atoms with E-state index in [1.54, 1.807) is 0 Å². The quantitative estimate of drug-likeness (QED) is 0.508. The molecule has 146 valence electrons. The molecular formula is C21H19N5O3. The van der Waals surface area contributed by atoms with Gasteiger partial charge in [0.15, 0.2) is 0 Å². The maximum Gasteiger partial charge on any atom is 0.270 e. The molecule has 0 atom stereocenters. The van der Waals surface area contributed by atoms with Crippen LogP contribution in [0.15, 0.2) is 48.5 Å². The zero-order valence-corrected chi connectivity index (χ0v) is 16.0. The van der Waals surface area contributed by atoms with E-state index in [0.29, 0.717) is 6.42 Å². The molecule has 1 amide bonds. The number of non-ortho nitro benzene ring substituents is 1. The van der Waals surface area contributed by atoms with Gasteiger partial charge in [-0.3, -0.25) is 14.9 Å². The first kappa shape index (κ1) is 19.8. The molecule has 29 heavy (non-hydrogen) atoms. The fourth-order valence-corrected chi connectivity index (χ4v) is 3.01. The number of anilines is 1. The van der Waals surface area contributed by atoms with Crippen molar-refractivity contribution in [1.82, 2.24) is 9.78 Å². The van der Waals surface area contributed by atoms with Crippen molar-refractivity contribution in [3.8, 4) is 11.8 Å². The first-order valence-electron chi connectivity index (χ1n) is 8.98. The normalized spacial score (nSPS) is 10.4. The number of carbonyl (C=O) groups excluding carboxylic acids is 1. The van der Waals surface area contributed by atoms with Crippen LogP contribution in [0, 0.1) is 35.3 Å². The van der Waals surface area contributed by atoms with Gasteiger partial charge in [0.05, 0.1) is 27.6 Å². The summed E-state index contributed by atoms with van der Waals surface area (Å²) in [7, 11) is 0. The first-order chi connectivity index (χ1) is 13.9. The lowest BCUT2D eigenvalue weighted by Crippen LogP contribution is -2.13. The number of nitrogens with one attached hydrogen (secondary N) is 1. The second-order valence-electron chi connectivity index (χ2n) is 6.65. The first-order valence-corrected chi connectivity index (χ1v) is 8.98. The van der Waals surface area contributed by atoms with E-state index in [1.807, 2.05) is 54.9 Å².